The Balaban J connectivity index is 1.46. The summed E-state index contributed by atoms with van der Waals surface area (Å²) in [6.07, 6.45) is 2.96. The first-order valence-corrected chi connectivity index (χ1v) is 13.2. The van der Waals surface area contributed by atoms with Gasteiger partial charge in [0.15, 0.2) is 0 Å². The van der Waals surface area contributed by atoms with Crippen LogP contribution in [0.5, 0.6) is 5.75 Å². The largest absolute Gasteiger partial charge is 0.496 e. The molecule has 200 valence electrons. The number of benzene rings is 3. The number of nitrogens with one attached hydrogen (secondary N) is 2. The summed E-state index contributed by atoms with van der Waals surface area (Å²) in [6, 6.07) is 19.0. The summed E-state index contributed by atoms with van der Waals surface area (Å²) in [7, 11) is 1.62. The minimum absolute atomic E-state index is 0.0166. The second-order valence-corrected chi connectivity index (χ2v) is 9.55. The number of nitrogens with zero attached hydrogens (tertiary/aromatic N) is 1. The van der Waals surface area contributed by atoms with E-state index in [9.17, 15) is 14.4 Å². The quantitative estimate of drug-likeness (QED) is 0.339. The van der Waals surface area contributed by atoms with E-state index in [1.54, 1.807) is 12.0 Å². The van der Waals surface area contributed by atoms with Gasteiger partial charge in [-0.1, -0.05) is 48.5 Å². The zero-order chi connectivity index (χ0) is 26.9. The zero-order valence-electron chi connectivity index (χ0n) is 21.9. The predicted molar refractivity (Wildman–Crippen MR) is 149 cm³/mol. The number of methoxy groups -OCH3 is 1. The Hall–Kier alpha value is -3.91. The predicted octanol–water partition coefficient (Wildman–Crippen LogP) is 3.10. The van der Waals surface area contributed by atoms with Crippen LogP contribution in [0.4, 0.5) is 5.69 Å². The lowest BCUT2D eigenvalue weighted by atomic mass is 10.0. The molecule has 0 aromatic heterocycles. The average molecular weight is 517 g/mol. The minimum Gasteiger partial charge on any atom is -0.496 e. The summed E-state index contributed by atoms with van der Waals surface area (Å²) in [5.74, 6) is 0.195. The van der Waals surface area contributed by atoms with Gasteiger partial charge < -0.3 is 26.0 Å². The van der Waals surface area contributed by atoms with Gasteiger partial charge in [-0.25, -0.2) is 0 Å². The Morgan fingerprint density at radius 3 is 2.66 bits per heavy atom. The number of fused-ring (bicyclic) bond motifs is 2. The third kappa shape index (κ3) is 6.69. The molecule has 3 aromatic rings. The lowest BCUT2D eigenvalue weighted by Crippen LogP contribution is -2.49. The molecule has 0 unspecified atom stereocenters. The summed E-state index contributed by atoms with van der Waals surface area (Å²) >= 11 is 0. The number of nitrogens with two attached hydrogens (primary N) is 1. The molecule has 3 amide bonds. The van der Waals surface area contributed by atoms with Crippen LogP contribution in [0, 0.1) is 0 Å². The summed E-state index contributed by atoms with van der Waals surface area (Å²) < 4.78 is 5.51. The van der Waals surface area contributed by atoms with Crippen LogP contribution in [-0.4, -0.2) is 50.5 Å². The molecule has 1 atom stereocenters. The summed E-state index contributed by atoms with van der Waals surface area (Å²) in [5, 5.41) is 7.98. The van der Waals surface area contributed by atoms with E-state index in [-0.39, 0.29) is 30.7 Å². The van der Waals surface area contributed by atoms with E-state index in [0.717, 1.165) is 46.2 Å². The second-order valence-electron chi connectivity index (χ2n) is 9.55. The van der Waals surface area contributed by atoms with Gasteiger partial charge in [0, 0.05) is 37.9 Å². The van der Waals surface area contributed by atoms with E-state index in [1.165, 1.54) is 0 Å². The number of carbonyl (C=O) groups is 3. The van der Waals surface area contributed by atoms with Crippen molar-refractivity contribution in [1.82, 2.24) is 10.6 Å². The summed E-state index contributed by atoms with van der Waals surface area (Å²) in [6.45, 7) is 1.14. The normalized spacial score (nSPS) is 13.9. The van der Waals surface area contributed by atoms with Gasteiger partial charge in [-0.05, 0) is 54.3 Å². The van der Waals surface area contributed by atoms with Gasteiger partial charge in [0.05, 0.1) is 12.8 Å². The maximum atomic E-state index is 13.1. The van der Waals surface area contributed by atoms with Crippen LogP contribution in [0.1, 0.15) is 36.8 Å². The molecule has 38 heavy (non-hydrogen) atoms. The van der Waals surface area contributed by atoms with Crippen LogP contribution in [-0.2, 0) is 27.2 Å². The maximum Gasteiger partial charge on any atom is 0.242 e. The molecule has 0 bridgehead atoms. The highest BCUT2D eigenvalue weighted by Crippen LogP contribution is 2.34. The molecule has 1 heterocycles. The maximum absolute atomic E-state index is 13.1. The van der Waals surface area contributed by atoms with Crippen LogP contribution in [0.25, 0.3) is 10.8 Å². The molecule has 0 radical (unpaired) electrons. The minimum atomic E-state index is -0.742. The first kappa shape index (κ1) is 27.1. The molecule has 0 aliphatic carbocycles. The monoisotopic (exact) mass is 516 g/mol. The first-order chi connectivity index (χ1) is 18.5. The smallest absolute Gasteiger partial charge is 0.242 e. The number of amides is 3. The molecular formula is C30H36N4O4. The zero-order valence-corrected chi connectivity index (χ0v) is 21.9. The van der Waals surface area contributed by atoms with Crippen molar-refractivity contribution in [3.8, 4) is 5.75 Å². The van der Waals surface area contributed by atoms with Gasteiger partial charge in [0.25, 0.3) is 0 Å². The molecule has 4 rings (SSSR count). The van der Waals surface area contributed by atoms with Crippen molar-refractivity contribution in [3.63, 3.8) is 0 Å². The fourth-order valence-electron chi connectivity index (χ4n) is 4.91. The van der Waals surface area contributed by atoms with E-state index in [2.05, 4.69) is 10.6 Å². The molecule has 0 saturated heterocycles. The standard InChI is InChI=1S/C30H36N4O4/c1-38-27-11-5-10-26-24(27)9-4-12-29(36)34(26)18-15-28(35)33-25(30(37)32-17-6-16-31)20-21-13-14-22-7-2-3-8-23(22)19-21/h2-3,5,7-8,10-11,13-14,19,25H,4,6,9,12,15-18,20,31H2,1H3,(H,32,37)(H,33,35)/t25-/m1/s1. The lowest BCUT2D eigenvalue weighted by Gasteiger charge is -2.24. The highest BCUT2D eigenvalue weighted by atomic mass is 16.5. The third-order valence-electron chi connectivity index (χ3n) is 6.89. The van der Waals surface area contributed by atoms with Crippen LogP contribution < -0.4 is 26.0 Å². The van der Waals surface area contributed by atoms with Crippen molar-refractivity contribution in [2.24, 2.45) is 5.73 Å². The highest BCUT2D eigenvalue weighted by molar-refractivity contribution is 5.96. The first-order valence-electron chi connectivity index (χ1n) is 13.2. The van der Waals surface area contributed by atoms with Crippen molar-refractivity contribution in [3.05, 3.63) is 71.8 Å². The Labute approximate surface area is 223 Å². The molecule has 0 spiro atoms. The molecular weight excluding hydrogens is 480 g/mol. The fraction of sp³-hybridized carbons (Fsp3) is 0.367. The van der Waals surface area contributed by atoms with Gasteiger partial charge >= 0.3 is 0 Å². The summed E-state index contributed by atoms with van der Waals surface area (Å²) in [4.78, 5) is 40.7. The number of carbonyl (C=O) groups excluding carboxylic acids is 3. The Kier molecular flexibility index (Phi) is 9.32. The highest BCUT2D eigenvalue weighted by Gasteiger charge is 2.26. The van der Waals surface area contributed by atoms with Crippen LogP contribution >= 0.6 is 0 Å². The van der Waals surface area contributed by atoms with Crippen molar-refractivity contribution >= 4 is 34.2 Å². The SMILES string of the molecule is COc1cccc2c1CCCC(=O)N2CCC(=O)N[C@H](Cc1ccc2ccccc2c1)C(=O)NCCCN. The van der Waals surface area contributed by atoms with E-state index < -0.39 is 6.04 Å². The van der Waals surface area contributed by atoms with Gasteiger partial charge in [0.1, 0.15) is 11.8 Å². The van der Waals surface area contributed by atoms with Gasteiger partial charge in [-0.3, -0.25) is 14.4 Å². The van der Waals surface area contributed by atoms with Gasteiger partial charge in [-0.2, -0.15) is 0 Å². The van der Waals surface area contributed by atoms with Crippen molar-refractivity contribution in [1.29, 1.82) is 0 Å². The molecule has 4 N–H and O–H groups in total. The van der Waals surface area contributed by atoms with Gasteiger partial charge in [-0.15, -0.1) is 0 Å². The van der Waals surface area contributed by atoms with E-state index in [0.29, 0.717) is 32.4 Å². The van der Waals surface area contributed by atoms with E-state index in [1.807, 2.05) is 60.7 Å². The lowest BCUT2D eigenvalue weighted by molar-refractivity contribution is -0.129. The Morgan fingerprint density at radius 1 is 1.05 bits per heavy atom. The summed E-state index contributed by atoms with van der Waals surface area (Å²) in [5.41, 5.74) is 8.29. The average Bonchev–Trinajstić information content (AvgIpc) is 3.09. The number of ether oxygens (including phenoxy) is 1. The Bertz CT molecular complexity index is 1290. The van der Waals surface area contributed by atoms with Crippen molar-refractivity contribution in [2.45, 2.75) is 44.6 Å². The molecule has 1 aliphatic heterocycles. The Morgan fingerprint density at radius 2 is 1.87 bits per heavy atom. The van der Waals surface area contributed by atoms with Gasteiger partial charge in [0.2, 0.25) is 17.7 Å². The molecule has 3 aromatic carbocycles. The number of rotatable bonds is 11. The number of hydrogen-bond acceptors (Lipinski definition) is 5. The van der Waals surface area contributed by atoms with Crippen molar-refractivity contribution in [2.75, 3.05) is 31.6 Å². The van der Waals surface area contributed by atoms with Crippen molar-refractivity contribution < 1.29 is 19.1 Å². The van der Waals surface area contributed by atoms with Crippen LogP contribution in [0.3, 0.4) is 0 Å². The number of hydrogen-bond donors (Lipinski definition) is 3. The second kappa shape index (κ2) is 13.1. The molecule has 1 aliphatic rings. The molecule has 8 nitrogen and oxygen atoms in total. The molecule has 0 saturated carbocycles. The molecule has 0 fully saturated rings. The topological polar surface area (TPSA) is 114 Å². The third-order valence-corrected chi connectivity index (χ3v) is 6.89. The molecule has 8 heteroatoms. The fourth-order valence-corrected chi connectivity index (χ4v) is 4.91. The van der Waals surface area contributed by atoms with E-state index >= 15 is 0 Å². The van der Waals surface area contributed by atoms with Crippen LogP contribution in [0.2, 0.25) is 0 Å². The van der Waals surface area contributed by atoms with E-state index in [4.69, 9.17) is 10.5 Å². The van der Waals surface area contributed by atoms with Crippen LogP contribution in [0.15, 0.2) is 60.7 Å². The number of anilines is 1.